The molecule has 5 N–H and O–H groups in total. The Labute approximate surface area is 459 Å². The number of amides is 1. The Morgan fingerprint density at radius 1 is 0.417 bits per heavy atom. The van der Waals surface area contributed by atoms with Crippen LogP contribution < -0.4 is 26.6 Å². The minimum Gasteiger partial charge on any atom is -0.381 e. The third kappa shape index (κ3) is 39.0. The lowest BCUT2D eigenvalue weighted by Crippen LogP contribution is -2.56. The van der Waals surface area contributed by atoms with Crippen LogP contribution in [0.25, 0.3) is 0 Å². The Morgan fingerprint density at radius 2 is 0.667 bits per heavy atom. The molecule has 5 rings (SSSR count). The molecule has 0 spiro atoms. The van der Waals surface area contributed by atoms with Gasteiger partial charge in [0.2, 0.25) is 5.91 Å². The third-order valence-electron chi connectivity index (χ3n) is 13.6. The minimum absolute atomic E-state index is 0. The van der Waals surface area contributed by atoms with Gasteiger partial charge in [0, 0.05) is 88.6 Å². The van der Waals surface area contributed by atoms with Crippen molar-refractivity contribution < 1.29 is 14.3 Å². The van der Waals surface area contributed by atoms with Gasteiger partial charge in [0.05, 0.1) is 12.2 Å². The van der Waals surface area contributed by atoms with Crippen LogP contribution in [0.15, 0.2) is 0 Å². The summed E-state index contributed by atoms with van der Waals surface area (Å²) in [6.07, 6.45) is 12.1. The van der Waals surface area contributed by atoms with Gasteiger partial charge in [-0.25, -0.2) is 0 Å². The van der Waals surface area contributed by atoms with Crippen LogP contribution in [0.1, 0.15) is 268 Å². The van der Waals surface area contributed by atoms with Crippen molar-refractivity contribution in [3.8, 4) is 0 Å². The van der Waals surface area contributed by atoms with Gasteiger partial charge in [-0.15, -0.1) is 0 Å². The van der Waals surface area contributed by atoms with Crippen LogP contribution in [-0.2, 0) is 14.3 Å². The van der Waals surface area contributed by atoms with Crippen molar-refractivity contribution in [2.75, 3.05) is 57.9 Å². The maximum absolute atomic E-state index is 11.4. The van der Waals surface area contributed by atoms with Crippen molar-refractivity contribution in [3.05, 3.63) is 0 Å². The van der Waals surface area contributed by atoms with Crippen LogP contribution in [-0.4, -0.2) is 141 Å². The number of nitrogens with one attached hydrogen (secondary N) is 5. The standard InChI is InChI=1S/C12H24N2O.C12H25NO.C11H24N2.C10H21NO.C10H21NS.6CH4/c1-10(15)14-8-6-11(2,3)13-12(4,5)7-9-14;1-9-7-11(3,4)13-12(5,6)8-10(2)14-9;1-10(2)6-8-13(5)9-7-11(3,4)12-10;2*1-9(2)5-7-12-8-6-10(3,4)11-9;;;;;;/h13H,6-9H2,1-5H3;9-10,13H,7-8H2,1-6H3;12H,6-9H2,1-5H3;2*11H,5-8H2,1-4H3;6*1H4. The summed E-state index contributed by atoms with van der Waals surface area (Å²) in [5, 5.41) is 18.5. The van der Waals surface area contributed by atoms with Crippen LogP contribution in [0.4, 0.5) is 0 Å². The first-order chi connectivity index (χ1) is 29.6. The highest BCUT2D eigenvalue weighted by Crippen LogP contribution is 2.28. The van der Waals surface area contributed by atoms with Gasteiger partial charge < -0.3 is 45.9 Å². The minimum atomic E-state index is 0. The largest absolute Gasteiger partial charge is 0.381 e. The number of hydrogen-bond donors (Lipinski definition) is 5. The fraction of sp³-hybridized carbons (Fsp3) is 0.984. The van der Waals surface area contributed by atoms with Gasteiger partial charge in [0.15, 0.2) is 0 Å². The summed E-state index contributed by atoms with van der Waals surface area (Å²) in [6.45, 7) is 57.1. The maximum Gasteiger partial charge on any atom is 0.219 e. The molecule has 11 heteroatoms. The summed E-state index contributed by atoms with van der Waals surface area (Å²) >= 11 is 2.09. The van der Waals surface area contributed by atoms with Crippen molar-refractivity contribution >= 4 is 17.7 Å². The predicted molar refractivity (Wildman–Crippen MR) is 331 cm³/mol. The molecule has 0 aromatic heterocycles. The predicted octanol–water partition coefficient (Wildman–Crippen LogP) is 14.8. The summed E-state index contributed by atoms with van der Waals surface area (Å²) in [5.41, 5.74) is 2.17. The number of ether oxygens (including phenoxy) is 2. The molecule has 0 aromatic carbocycles. The van der Waals surface area contributed by atoms with Gasteiger partial charge in [-0.05, 0) is 248 Å². The zero-order valence-electron chi connectivity index (χ0n) is 48.4. The molecule has 2 unspecified atom stereocenters. The molecular weight excluding hydrogens is 911 g/mol. The molecule has 442 valence electrons. The van der Waals surface area contributed by atoms with Gasteiger partial charge in [-0.2, -0.15) is 11.8 Å². The van der Waals surface area contributed by atoms with E-state index in [1.54, 1.807) is 6.92 Å². The molecule has 5 fully saturated rings. The second kappa shape index (κ2) is 33.7. The first kappa shape index (κ1) is 82.8. The molecule has 1 amide bonds. The Hall–Kier alpha value is -0.500. The fourth-order valence-electron chi connectivity index (χ4n) is 10.9. The Morgan fingerprint density at radius 3 is 0.958 bits per heavy atom. The molecule has 5 saturated heterocycles. The summed E-state index contributed by atoms with van der Waals surface area (Å²) in [4.78, 5) is 15.8. The second-order valence-electron chi connectivity index (χ2n) is 27.7. The number of carbonyl (C=O) groups excluding carboxylic acids is 1. The summed E-state index contributed by atoms with van der Waals surface area (Å²) in [7, 11) is 2.22. The molecule has 0 bridgehead atoms. The van der Waals surface area contributed by atoms with E-state index < -0.39 is 0 Å². The number of carbonyl (C=O) groups is 1. The molecule has 72 heavy (non-hydrogen) atoms. The van der Waals surface area contributed by atoms with Crippen molar-refractivity contribution in [3.63, 3.8) is 0 Å². The van der Waals surface area contributed by atoms with Crippen LogP contribution in [0.3, 0.4) is 0 Å². The number of thioether (sulfide) groups is 1. The Bertz CT molecular complexity index is 1280. The van der Waals surface area contributed by atoms with E-state index in [-0.39, 0.29) is 94.8 Å². The first-order valence-electron chi connectivity index (χ1n) is 26.3. The highest BCUT2D eigenvalue weighted by Gasteiger charge is 2.35. The van der Waals surface area contributed by atoms with E-state index in [1.807, 2.05) is 4.90 Å². The van der Waals surface area contributed by atoms with E-state index in [2.05, 4.69) is 203 Å². The van der Waals surface area contributed by atoms with Crippen LogP contribution >= 0.6 is 11.8 Å². The van der Waals surface area contributed by atoms with Crippen LogP contribution in [0, 0.1) is 0 Å². The third-order valence-corrected chi connectivity index (χ3v) is 14.6. The molecule has 5 heterocycles. The molecular formula is C61H139N7O3S. The fourth-order valence-corrected chi connectivity index (χ4v) is 12.4. The lowest BCUT2D eigenvalue weighted by molar-refractivity contribution is -0.129. The molecule has 0 aromatic rings. The lowest BCUT2D eigenvalue weighted by atomic mass is 9.88. The maximum atomic E-state index is 11.4. The average molecular weight is 1050 g/mol. The SMILES string of the molecule is C.C.C.C.C.C.CC(=O)N1CCC(C)(C)NC(C)(C)CC1.CC1(C)CCOCCC(C)(C)N1.CC1(C)CCSCCC(C)(C)N1.CC1CC(C)(C)NC(C)(C)CC(C)O1.CN1CCC(C)(C)NC(C)(C)CC1. The molecule has 0 radical (unpaired) electrons. The normalized spacial score (nSPS) is 27.5. The molecule has 2 atom stereocenters. The molecule has 10 nitrogen and oxygen atoms in total. The smallest absolute Gasteiger partial charge is 0.219 e. The van der Waals surface area contributed by atoms with Crippen molar-refractivity contribution in [1.29, 1.82) is 0 Å². The summed E-state index contributed by atoms with van der Waals surface area (Å²) < 4.78 is 11.4. The van der Waals surface area contributed by atoms with Crippen LogP contribution in [0.5, 0.6) is 0 Å². The van der Waals surface area contributed by atoms with Crippen molar-refractivity contribution in [1.82, 2.24) is 36.4 Å². The quantitative estimate of drug-likeness (QED) is 0.161. The van der Waals surface area contributed by atoms with E-state index >= 15 is 0 Å². The van der Waals surface area contributed by atoms with Gasteiger partial charge in [-0.1, -0.05) is 44.6 Å². The zero-order chi connectivity index (χ0) is 51.3. The average Bonchev–Trinajstić information content (AvgIpc) is 3.05. The van der Waals surface area contributed by atoms with Gasteiger partial charge in [-0.3, -0.25) is 4.79 Å². The highest BCUT2D eigenvalue weighted by molar-refractivity contribution is 7.99. The van der Waals surface area contributed by atoms with E-state index in [1.165, 1.54) is 50.3 Å². The van der Waals surface area contributed by atoms with E-state index in [0.717, 1.165) is 64.8 Å². The number of rotatable bonds is 0. The summed E-state index contributed by atoms with van der Waals surface area (Å²) in [6, 6.07) is 0. The van der Waals surface area contributed by atoms with Crippen LogP contribution in [0.2, 0.25) is 0 Å². The monoisotopic (exact) mass is 1050 g/mol. The zero-order valence-corrected chi connectivity index (χ0v) is 49.2. The Balaban J connectivity index is -0.000000186. The lowest BCUT2D eigenvalue weighted by Gasteiger charge is -2.43. The second-order valence-corrected chi connectivity index (χ2v) is 28.9. The van der Waals surface area contributed by atoms with Gasteiger partial charge in [0.25, 0.3) is 0 Å². The molecule has 5 aliphatic heterocycles. The van der Waals surface area contributed by atoms with Gasteiger partial charge >= 0.3 is 0 Å². The molecule has 0 saturated carbocycles. The first-order valence-corrected chi connectivity index (χ1v) is 27.4. The van der Waals surface area contributed by atoms with E-state index in [0.29, 0.717) is 23.3 Å². The molecule has 0 aliphatic carbocycles. The van der Waals surface area contributed by atoms with Crippen molar-refractivity contribution in [2.45, 2.75) is 336 Å². The number of hydrogen-bond acceptors (Lipinski definition) is 10. The van der Waals surface area contributed by atoms with Crippen molar-refractivity contribution in [2.24, 2.45) is 0 Å². The van der Waals surface area contributed by atoms with E-state index in [9.17, 15) is 4.79 Å². The number of nitrogens with zero attached hydrogens (tertiary/aromatic N) is 2. The van der Waals surface area contributed by atoms with Gasteiger partial charge in [0.1, 0.15) is 0 Å². The molecule has 5 aliphatic rings. The highest BCUT2D eigenvalue weighted by atomic mass is 32.2. The topological polar surface area (TPSA) is 102 Å². The summed E-state index contributed by atoms with van der Waals surface area (Å²) in [5.74, 6) is 2.80. The van der Waals surface area contributed by atoms with E-state index in [4.69, 9.17) is 9.47 Å². The Kier molecular flexibility index (Phi) is 38.8.